The molecule has 16 heavy (non-hydrogen) atoms. The summed E-state index contributed by atoms with van der Waals surface area (Å²) in [5.41, 5.74) is 0.953. The number of rotatable bonds is 3. The van der Waals surface area contributed by atoms with Crippen molar-refractivity contribution in [3.8, 4) is 5.75 Å². The minimum atomic E-state index is -0.736. The highest BCUT2D eigenvalue weighted by Gasteiger charge is 2.08. The molecule has 0 aliphatic heterocycles. The minimum Gasteiger partial charge on any atom is -0.420 e. The molecule has 0 unspecified atom stereocenters. The summed E-state index contributed by atoms with van der Waals surface area (Å²) < 4.78 is 18.0. The Bertz CT molecular complexity index is 446. The third kappa shape index (κ3) is 3.31. The Kier molecular flexibility index (Phi) is 3.94. The zero-order valence-corrected chi connectivity index (χ0v) is 8.99. The van der Waals surface area contributed by atoms with Crippen molar-refractivity contribution in [3.63, 3.8) is 0 Å². The zero-order chi connectivity index (χ0) is 12.1. The van der Waals surface area contributed by atoms with Gasteiger partial charge in [0.15, 0.2) is 11.6 Å². The summed E-state index contributed by atoms with van der Waals surface area (Å²) in [7, 11) is 0. The van der Waals surface area contributed by atoms with E-state index in [2.05, 4.69) is 0 Å². The van der Waals surface area contributed by atoms with Gasteiger partial charge in [0.25, 0.3) is 0 Å². The number of halogens is 1. The molecule has 1 aromatic carbocycles. The number of carbonyl (C=O) groups is 2. The fourth-order valence-electron chi connectivity index (χ4n) is 1.05. The molecular weight excluding hydrogens is 211 g/mol. The van der Waals surface area contributed by atoms with Crippen molar-refractivity contribution in [2.24, 2.45) is 0 Å². The van der Waals surface area contributed by atoms with Crippen LogP contribution in [0.25, 0.3) is 0 Å². The lowest BCUT2D eigenvalue weighted by Gasteiger charge is -2.03. The highest BCUT2D eigenvalue weighted by Crippen LogP contribution is 2.17. The third-order valence-electron chi connectivity index (χ3n) is 1.71. The zero-order valence-electron chi connectivity index (χ0n) is 8.99. The molecule has 0 saturated heterocycles. The summed E-state index contributed by atoms with van der Waals surface area (Å²) in [6.45, 7) is 3.46. The van der Waals surface area contributed by atoms with Gasteiger partial charge in [-0.25, -0.2) is 9.18 Å². The van der Waals surface area contributed by atoms with Gasteiger partial charge in [0.2, 0.25) is 0 Å². The Morgan fingerprint density at radius 3 is 2.56 bits per heavy atom. The minimum absolute atomic E-state index is 0.187. The number of carbonyl (C=O) groups excluding carboxylic acids is 2. The maximum atomic E-state index is 13.3. The van der Waals surface area contributed by atoms with Gasteiger partial charge in [-0.2, -0.15) is 0 Å². The van der Waals surface area contributed by atoms with Crippen LogP contribution in [0.4, 0.5) is 4.39 Å². The summed E-state index contributed by atoms with van der Waals surface area (Å²) in [6, 6.07) is 3.63. The number of allylic oxidation sites excluding steroid dienone is 1. The van der Waals surface area contributed by atoms with Gasteiger partial charge in [0.1, 0.15) is 6.29 Å². The van der Waals surface area contributed by atoms with Crippen molar-refractivity contribution in [1.82, 2.24) is 0 Å². The topological polar surface area (TPSA) is 43.4 Å². The standard InChI is InChI=1S/C12H11FO3/c1-8(2)5-12(15)16-11-4-3-9(7-14)6-10(11)13/h3-7H,1-2H3. The second-order valence-corrected chi connectivity index (χ2v) is 3.45. The highest BCUT2D eigenvalue weighted by atomic mass is 19.1. The van der Waals surface area contributed by atoms with E-state index in [1.807, 2.05) is 0 Å². The second kappa shape index (κ2) is 5.21. The first-order valence-electron chi connectivity index (χ1n) is 4.64. The van der Waals surface area contributed by atoms with Crippen LogP contribution < -0.4 is 4.74 Å². The van der Waals surface area contributed by atoms with Crippen LogP contribution in [-0.4, -0.2) is 12.3 Å². The average Bonchev–Trinajstić information content (AvgIpc) is 2.19. The molecule has 0 heterocycles. The molecule has 0 aliphatic carbocycles. The van der Waals surface area contributed by atoms with Gasteiger partial charge in [0, 0.05) is 11.6 Å². The molecule has 0 aliphatic rings. The largest absolute Gasteiger partial charge is 0.420 e. The molecule has 0 aromatic heterocycles. The normalized spacial score (nSPS) is 9.44. The van der Waals surface area contributed by atoms with Gasteiger partial charge < -0.3 is 4.74 Å². The summed E-state index contributed by atoms with van der Waals surface area (Å²) >= 11 is 0. The van der Waals surface area contributed by atoms with Crippen molar-refractivity contribution in [1.29, 1.82) is 0 Å². The van der Waals surface area contributed by atoms with E-state index < -0.39 is 11.8 Å². The third-order valence-corrected chi connectivity index (χ3v) is 1.71. The van der Waals surface area contributed by atoms with Crippen molar-refractivity contribution >= 4 is 12.3 Å². The molecule has 0 atom stereocenters. The van der Waals surface area contributed by atoms with Crippen molar-refractivity contribution < 1.29 is 18.7 Å². The first-order chi connectivity index (χ1) is 7.52. The molecule has 1 aromatic rings. The lowest BCUT2D eigenvalue weighted by Crippen LogP contribution is -2.06. The summed E-state index contributed by atoms with van der Waals surface area (Å²) in [4.78, 5) is 21.5. The number of ether oxygens (including phenoxy) is 1. The molecule has 0 bridgehead atoms. The lowest BCUT2D eigenvalue weighted by atomic mass is 10.2. The van der Waals surface area contributed by atoms with E-state index in [1.165, 1.54) is 18.2 Å². The fourth-order valence-corrected chi connectivity index (χ4v) is 1.05. The summed E-state index contributed by atoms with van der Waals surface area (Å²) in [5, 5.41) is 0. The predicted octanol–water partition coefficient (Wildman–Crippen LogP) is 2.51. The molecule has 0 N–H and O–H groups in total. The summed E-state index contributed by atoms with van der Waals surface area (Å²) in [5.74, 6) is -1.56. The van der Waals surface area contributed by atoms with E-state index in [0.717, 1.165) is 11.6 Å². The molecule has 4 heteroatoms. The molecule has 3 nitrogen and oxygen atoms in total. The second-order valence-electron chi connectivity index (χ2n) is 3.45. The van der Waals surface area contributed by atoms with Crippen LogP contribution in [0.5, 0.6) is 5.75 Å². The Morgan fingerprint density at radius 1 is 1.38 bits per heavy atom. The Labute approximate surface area is 92.5 Å². The SMILES string of the molecule is CC(C)=CC(=O)Oc1ccc(C=O)cc1F. The molecule has 0 amide bonds. The van der Waals surface area contributed by atoms with Crippen LogP contribution in [0.2, 0.25) is 0 Å². The molecule has 84 valence electrons. The van der Waals surface area contributed by atoms with E-state index in [1.54, 1.807) is 13.8 Å². The molecule has 1 rings (SSSR count). The van der Waals surface area contributed by atoms with Crippen LogP contribution in [0, 0.1) is 5.82 Å². The maximum Gasteiger partial charge on any atom is 0.336 e. The Balaban J connectivity index is 2.86. The number of esters is 1. The van der Waals surface area contributed by atoms with E-state index in [9.17, 15) is 14.0 Å². The van der Waals surface area contributed by atoms with Gasteiger partial charge in [0.05, 0.1) is 0 Å². The van der Waals surface area contributed by atoms with Crippen LogP contribution in [0.15, 0.2) is 29.8 Å². The highest BCUT2D eigenvalue weighted by molar-refractivity contribution is 5.85. The van der Waals surface area contributed by atoms with Crippen molar-refractivity contribution in [2.75, 3.05) is 0 Å². The fraction of sp³-hybridized carbons (Fsp3) is 0.167. The number of aldehydes is 1. The van der Waals surface area contributed by atoms with Crippen LogP contribution in [0.1, 0.15) is 24.2 Å². The molecule has 0 radical (unpaired) electrons. The number of hydrogen-bond donors (Lipinski definition) is 0. The number of hydrogen-bond acceptors (Lipinski definition) is 3. The quantitative estimate of drug-likeness (QED) is 0.341. The van der Waals surface area contributed by atoms with Gasteiger partial charge in [-0.3, -0.25) is 4.79 Å². The van der Waals surface area contributed by atoms with Crippen LogP contribution in [-0.2, 0) is 4.79 Å². The van der Waals surface area contributed by atoms with Crippen LogP contribution >= 0.6 is 0 Å². The molecular formula is C12H11FO3. The Morgan fingerprint density at radius 2 is 2.06 bits per heavy atom. The molecule has 0 spiro atoms. The van der Waals surface area contributed by atoms with Gasteiger partial charge in [-0.05, 0) is 32.0 Å². The lowest BCUT2D eigenvalue weighted by molar-refractivity contribution is -0.129. The van der Waals surface area contributed by atoms with E-state index >= 15 is 0 Å². The molecule has 0 fully saturated rings. The first-order valence-corrected chi connectivity index (χ1v) is 4.64. The van der Waals surface area contributed by atoms with Gasteiger partial charge in [-0.1, -0.05) is 5.57 Å². The first kappa shape index (κ1) is 12.1. The monoisotopic (exact) mass is 222 g/mol. The Hall–Kier alpha value is -1.97. The van der Waals surface area contributed by atoms with E-state index in [4.69, 9.17) is 4.74 Å². The predicted molar refractivity (Wildman–Crippen MR) is 56.9 cm³/mol. The van der Waals surface area contributed by atoms with Crippen molar-refractivity contribution in [2.45, 2.75) is 13.8 Å². The smallest absolute Gasteiger partial charge is 0.336 e. The van der Waals surface area contributed by atoms with Crippen LogP contribution in [0.3, 0.4) is 0 Å². The molecule has 0 saturated carbocycles. The summed E-state index contributed by atoms with van der Waals surface area (Å²) in [6.07, 6.45) is 1.78. The number of benzene rings is 1. The van der Waals surface area contributed by atoms with Gasteiger partial charge in [-0.15, -0.1) is 0 Å². The van der Waals surface area contributed by atoms with E-state index in [0.29, 0.717) is 6.29 Å². The van der Waals surface area contributed by atoms with Crippen molar-refractivity contribution in [3.05, 3.63) is 41.2 Å². The maximum absolute atomic E-state index is 13.3. The average molecular weight is 222 g/mol. The van der Waals surface area contributed by atoms with Gasteiger partial charge >= 0.3 is 5.97 Å². The van der Waals surface area contributed by atoms with E-state index in [-0.39, 0.29) is 11.3 Å².